The summed E-state index contributed by atoms with van der Waals surface area (Å²) in [7, 11) is 1.72. The summed E-state index contributed by atoms with van der Waals surface area (Å²) >= 11 is 2.36. The Kier molecular flexibility index (Phi) is 5.46. The third kappa shape index (κ3) is 3.35. The minimum atomic E-state index is 0.950. The number of halogens is 1. The molecule has 0 saturated heterocycles. The molecule has 2 rings (SSSR count). The second-order valence-corrected chi connectivity index (χ2v) is 6.13. The first-order chi connectivity index (χ1) is 9.67. The third-order valence-corrected chi connectivity index (χ3v) is 5.00. The molecular weight excluding hydrogens is 359 g/mol. The van der Waals surface area contributed by atoms with Crippen LogP contribution in [-0.2, 0) is 6.42 Å². The Bertz CT molecular complexity index is 573. The van der Waals surface area contributed by atoms with E-state index in [-0.39, 0.29) is 0 Å². The lowest BCUT2D eigenvalue weighted by Crippen LogP contribution is -1.93. The summed E-state index contributed by atoms with van der Waals surface area (Å²) in [6.45, 7) is 4.39. The van der Waals surface area contributed by atoms with Gasteiger partial charge in [-0.05, 0) is 70.7 Å². The van der Waals surface area contributed by atoms with E-state index in [2.05, 4.69) is 72.8 Å². The van der Waals surface area contributed by atoms with Crippen molar-refractivity contribution in [2.24, 2.45) is 0 Å². The molecule has 0 aliphatic heterocycles. The molecular formula is C18H21IO. The summed E-state index contributed by atoms with van der Waals surface area (Å²) in [5.41, 5.74) is 5.28. The van der Waals surface area contributed by atoms with E-state index in [1.54, 1.807) is 7.11 Å². The molecule has 0 fully saturated rings. The fraction of sp³-hybridized carbons (Fsp3) is 0.333. The van der Waals surface area contributed by atoms with E-state index < -0.39 is 0 Å². The van der Waals surface area contributed by atoms with Crippen LogP contribution in [0.1, 0.15) is 30.9 Å². The Labute approximate surface area is 135 Å². The molecule has 0 aliphatic carbocycles. The molecule has 0 aromatic heterocycles. The summed E-state index contributed by atoms with van der Waals surface area (Å²) in [6, 6.07) is 13.2. The van der Waals surface area contributed by atoms with Crippen molar-refractivity contribution >= 4 is 22.6 Å². The molecule has 106 valence electrons. The number of rotatable bonds is 5. The number of hydrogen-bond acceptors (Lipinski definition) is 1. The average Bonchev–Trinajstić information content (AvgIpc) is 2.48. The van der Waals surface area contributed by atoms with Crippen molar-refractivity contribution in [1.82, 2.24) is 0 Å². The Hall–Kier alpha value is -1.03. The first-order valence-corrected chi connectivity index (χ1v) is 8.17. The number of benzene rings is 2. The van der Waals surface area contributed by atoms with Gasteiger partial charge in [0.05, 0.1) is 10.7 Å². The van der Waals surface area contributed by atoms with Crippen molar-refractivity contribution in [3.8, 4) is 16.9 Å². The maximum Gasteiger partial charge on any atom is 0.132 e. The van der Waals surface area contributed by atoms with Crippen LogP contribution in [0.25, 0.3) is 11.1 Å². The Morgan fingerprint density at radius 3 is 2.35 bits per heavy atom. The molecule has 0 atom stereocenters. The van der Waals surface area contributed by atoms with Crippen LogP contribution in [0, 0.1) is 10.5 Å². The van der Waals surface area contributed by atoms with Gasteiger partial charge in [0.15, 0.2) is 0 Å². The van der Waals surface area contributed by atoms with Crippen LogP contribution in [0.15, 0.2) is 36.4 Å². The Balaban J connectivity index is 2.30. The quantitative estimate of drug-likeness (QED) is 0.612. The fourth-order valence-corrected chi connectivity index (χ4v) is 3.05. The maximum atomic E-state index is 5.37. The number of hydrogen-bond donors (Lipinski definition) is 0. The van der Waals surface area contributed by atoms with Gasteiger partial charge in [0.2, 0.25) is 0 Å². The number of unbranched alkanes of at least 4 members (excludes halogenated alkanes) is 1. The van der Waals surface area contributed by atoms with Gasteiger partial charge in [-0.15, -0.1) is 0 Å². The van der Waals surface area contributed by atoms with Crippen LogP contribution >= 0.6 is 22.6 Å². The molecule has 0 spiro atoms. The molecule has 0 aliphatic rings. The molecule has 0 saturated carbocycles. The van der Waals surface area contributed by atoms with Crippen LogP contribution in [0.4, 0.5) is 0 Å². The smallest absolute Gasteiger partial charge is 0.132 e. The number of ether oxygens (including phenoxy) is 1. The normalized spacial score (nSPS) is 10.6. The fourth-order valence-electron chi connectivity index (χ4n) is 2.36. The maximum absolute atomic E-state index is 5.37. The van der Waals surface area contributed by atoms with E-state index in [1.807, 2.05) is 0 Å². The summed E-state index contributed by atoms with van der Waals surface area (Å²) in [5, 5.41) is 0. The lowest BCUT2D eigenvalue weighted by atomic mass is 9.98. The molecule has 0 bridgehead atoms. The standard InChI is InChI=1S/C18H21IO/c1-4-5-6-14-7-9-15(10-8-14)16-11-12-17(20-3)18(19)13(16)2/h7-12H,4-6H2,1-3H3. The first kappa shape index (κ1) is 15.4. The Morgan fingerprint density at radius 2 is 1.75 bits per heavy atom. The Morgan fingerprint density at radius 1 is 1.05 bits per heavy atom. The molecule has 0 unspecified atom stereocenters. The van der Waals surface area contributed by atoms with Gasteiger partial charge in [-0.2, -0.15) is 0 Å². The predicted molar refractivity (Wildman–Crippen MR) is 94.5 cm³/mol. The zero-order valence-electron chi connectivity index (χ0n) is 12.4. The molecule has 0 radical (unpaired) electrons. The van der Waals surface area contributed by atoms with Gasteiger partial charge in [0, 0.05) is 0 Å². The SMILES string of the molecule is CCCCc1ccc(-c2ccc(OC)c(I)c2C)cc1. The molecule has 20 heavy (non-hydrogen) atoms. The van der Waals surface area contributed by atoms with Crippen LogP contribution in [0.2, 0.25) is 0 Å². The monoisotopic (exact) mass is 380 g/mol. The van der Waals surface area contributed by atoms with E-state index >= 15 is 0 Å². The van der Waals surface area contributed by atoms with Crippen molar-refractivity contribution in [3.63, 3.8) is 0 Å². The molecule has 2 heteroatoms. The molecule has 0 amide bonds. The number of methoxy groups -OCH3 is 1. The highest BCUT2D eigenvalue weighted by atomic mass is 127. The summed E-state index contributed by atoms with van der Waals surface area (Å²) in [5.74, 6) is 0.950. The summed E-state index contributed by atoms with van der Waals surface area (Å²) in [4.78, 5) is 0. The highest BCUT2D eigenvalue weighted by Gasteiger charge is 2.09. The molecule has 2 aromatic carbocycles. The molecule has 0 heterocycles. The van der Waals surface area contributed by atoms with Crippen LogP contribution in [-0.4, -0.2) is 7.11 Å². The summed E-state index contributed by atoms with van der Waals surface area (Å²) in [6.07, 6.45) is 3.69. The van der Waals surface area contributed by atoms with Crippen molar-refractivity contribution in [1.29, 1.82) is 0 Å². The second kappa shape index (κ2) is 7.11. The summed E-state index contributed by atoms with van der Waals surface area (Å²) < 4.78 is 6.56. The second-order valence-electron chi connectivity index (χ2n) is 5.05. The lowest BCUT2D eigenvalue weighted by Gasteiger charge is -2.12. The van der Waals surface area contributed by atoms with Gasteiger partial charge < -0.3 is 4.74 Å². The van der Waals surface area contributed by atoms with E-state index in [0.717, 1.165) is 5.75 Å². The van der Waals surface area contributed by atoms with Crippen molar-refractivity contribution in [2.75, 3.05) is 7.11 Å². The zero-order valence-corrected chi connectivity index (χ0v) is 14.5. The molecule has 0 N–H and O–H groups in total. The highest BCUT2D eigenvalue weighted by molar-refractivity contribution is 14.1. The highest BCUT2D eigenvalue weighted by Crippen LogP contribution is 2.32. The van der Waals surface area contributed by atoms with Gasteiger partial charge in [0.1, 0.15) is 5.75 Å². The van der Waals surface area contributed by atoms with E-state index in [9.17, 15) is 0 Å². The first-order valence-electron chi connectivity index (χ1n) is 7.09. The topological polar surface area (TPSA) is 9.23 Å². The van der Waals surface area contributed by atoms with Crippen LogP contribution < -0.4 is 4.74 Å². The average molecular weight is 380 g/mol. The van der Waals surface area contributed by atoms with E-state index in [1.165, 1.54) is 45.1 Å². The largest absolute Gasteiger partial charge is 0.496 e. The molecule has 1 nitrogen and oxygen atoms in total. The molecule has 2 aromatic rings. The van der Waals surface area contributed by atoms with Crippen molar-refractivity contribution in [2.45, 2.75) is 33.1 Å². The number of aryl methyl sites for hydroxylation is 1. The lowest BCUT2D eigenvalue weighted by molar-refractivity contribution is 0.411. The van der Waals surface area contributed by atoms with Gasteiger partial charge in [-0.3, -0.25) is 0 Å². The minimum Gasteiger partial charge on any atom is -0.496 e. The van der Waals surface area contributed by atoms with Crippen molar-refractivity contribution < 1.29 is 4.74 Å². The van der Waals surface area contributed by atoms with Gasteiger partial charge in [-0.25, -0.2) is 0 Å². The van der Waals surface area contributed by atoms with Crippen LogP contribution in [0.3, 0.4) is 0 Å². The van der Waals surface area contributed by atoms with Crippen LogP contribution in [0.5, 0.6) is 5.75 Å². The van der Waals surface area contributed by atoms with Gasteiger partial charge in [0.25, 0.3) is 0 Å². The van der Waals surface area contributed by atoms with E-state index in [4.69, 9.17) is 4.74 Å². The third-order valence-electron chi connectivity index (χ3n) is 3.65. The van der Waals surface area contributed by atoms with E-state index in [0.29, 0.717) is 0 Å². The predicted octanol–water partition coefficient (Wildman–Crippen LogP) is 5.62. The van der Waals surface area contributed by atoms with Gasteiger partial charge >= 0.3 is 0 Å². The van der Waals surface area contributed by atoms with Gasteiger partial charge in [-0.1, -0.05) is 43.7 Å². The minimum absolute atomic E-state index is 0.950. The van der Waals surface area contributed by atoms with Crippen molar-refractivity contribution in [3.05, 3.63) is 51.1 Å². The zero-order chi connectivity index (χ0) is 14.5.